The number of hydrogen-bond acceptors (Lipinski definition) is 2. The molecule has 0 aliphatic rings. The van der Waals surface area contributed by atoms with Gasteiger partial charge in [-0.05, 0) is 19.9 Å². The van der Waals surface area contributed by atoms with Crippen LogP contribution < -0.4 is 0 Å². The Kier molecular flexibility index (Phi) is 5.37. The minimum absolute atomic E-state index is 0.0673. The molecular weight excluding hydrogens is 154 g/mol. The molecule has 0 aliphatic carbocycles. The molecule has 0 saturated heterocycles. The van der Waals surface area contributed by atoms with E-state index in [1.165, 1.54) is 6.08 Å². The van der Waals surface area contributed by atoms with Gasteiger partial charge in [0.2, 0.25) is 5.91 Å². The second kappa shape index (κ2) is 5.77. The molecule has 3 heteroatoms. The summed E-state index contributed by atoms with van der Waals surface area (Å²) < 4.78 is 5.28. The predicted molar refractivity (Wildman–Crippen MR) is 48.9 cm³/mol. The molecule has 0 aliphatic heterocycles. The van der Waals surface area contributed by atoms with Crippen molar-refractivity contribution in [2.45, 2.75) is 20.0 Å². The van der Waals surface area contributed by atoms with Crippen molar-refractivity contribution in [3.05, 3.63) is 12.7 Å². The summed E-state index contributed by atoms with van der Waals surface area (Å²) in [5, 5.41) is 0. The van der Waals surface area contributed by atoms with E-state index in [4.69, 9.17) is 4.74 Å². The van der Waals surface area contributed by atoms with Gasteiger partial charge in [0, 0.05) is 13.6 Å². The van der Waals surface area contributed by atoms with Gasteiger partial charge in [0.05, 0.1) is 12.7 Å². The number of amides is 1. The average Bonchev–Trinajstić information content (AvgIpc) is 2.02. The lowest BCUT2D eigenvalue weighted by atomic mass is 10.4. The van der Waals surface area contributed by atoms with Crippen LogP contribution in [0.3, 0.4) is 0 Å². The monoisotopic (exact) mass is 171 g/mol. The van der Waals surface area contributed by atoms with Gasteiger partial charge in [-0.3, -0.25) is 4.79 Å². The van der Waals surface area contributed by atoms with Gasteiger partial charge >= 0.3 is 0 Å². The van der Waals surface area contributed by atoms with E-state index < -0.39 is 0 Å². The van der Waals surface area contributed by atoms with Crippen LogP contribution >= 0.6 is 0 Å². The lowest BCUT2D eigenvalue weighted by molar-refractivity contribution is -0.125. The Bertz CT molecular complexity index is 155. The number of nitrogens with zero attached hydrogens (tertiary/aromatic N) is 1. The number of hydrogen-bond donors (Lipinski definition) is 0. The number of rotatable bonds is 5. The highest BCUT2D eigenvalue weighted by atomic mass is 16.5. The molecule has 0 spiro atoms. The third kappa shape index (κ3) is 4.91. The van der Waals surface area contributed by atoms with Gasteiger partial charge in [0.1, 0.15) is 0 Å². The summed E-state index contributed by atoms with van der Waals surface area (Å²) in [6, 6.07) is 0. The van der Waals surface area contributed by atoms with E-state index in [1.807, 2.05) is 13.8 Å². The second-order valence-electron chi connectivity index (χ2n) is 2.88. The summed E-state index contributed by atoms with van der Waals surface area (Å²) >= 11 is 0. The number of carbonyl (C=O) groups excluding carboxylic acids is 1. The van der Waals surface area contributed by atoms with Gasteiger partial charge in [0.25, 0.3) is 0 Å². The fraction of sp³-hybridized carbons (Fsp3) is 0.667. The summed E-state index contributed by atoms with van der Waals surface area (Å²) in [5.74, 6) is -0.0673. The average molecular weight is 171 g/mol. The first-order chi connectivity index (χ1) is 5.57. The van der Waals surface area contributed by atoms with E-state index in [2.05, 4.69) is 6.58 Å². The van der Waals surface area contributed by atoms with Crippen molar-refractivity contribution in [3.63, 3.8) is 0 Å². The molecule has 0 fully saturated rings. The summed E-state index contributed by atoms with van der Waals surface area (Å²) in [7, 11) is 1.73. The first-order valence-corrected chi connectivity index (χ1v) is 4.07. The van der Waals surface area contributed by atoms with Crippen LogP contribution in [0.15, 0.2) is 12.7 Å². The van der Waals surface area contributed by atoms with Crippen LogP contribution in [0.4, 0.5) is 0 Å². The van der Waals surface area contributed by atoms with E-state index in [1.54, 1.807) is 11.9 Å². The van der Waals surface area contributed by atoms with Crippen LogP contribution in [0.5, 0.6) is 0 Å². The molecule has 0 bridgehead atoms. The smallest absolute Gasteiger partial charge is 0.245 e. The summed E-state index contributed by atoms with van der Waals surface area (Å²) in [4.78, 5) is 12.5. The first kappa shape index (κ1) is 11.2. The molecule has 0 aromatic heterocycles. The summed E-state index contributed by atoms with van der Waals surface area (Å²) in [6.45, 7) is 8.52. The van der Waals surface area contributed by atoms with Crippen LogP contribution in [0, 0.1) is 0 Å². The Labute approximate surface area is 74.0 Å². The van der Waals surface area contributed by atoms with Gasteiger partial charge in [-0.15, -0.1) is 0 Å². The standard InChI is InChI=1S/C9H17NO2/c1-5-9(11)10(4)6-7-12-8(2)3/h5,8H,1,6-7H2,2-4H3. The largest absolute Gasteiger partial charge is 0.377 e. The normalized spacial score (nSPS) is 10.0. The zero-order valence-electron chi connectivity index (χ0n) is 8.04. The SMILES string of the molecule is C=CC(=O)N(C)CCOC(C)C. The van der Waals surface area contributed by atoms with Gasteiger partial charge in [0.15, 0.2) is 0 Å². The van der Waals surface area contributed by atoms with Crippen LogP contribution in [0.25, 0.3) is 0 Å². The van der Waals surface area contributed by atoms with Crippen LogP contribution in [-0.4, -0.2) is 37.1 Å². The van der Waals surface area contributed by atoms with Crippen molar-refractivity contribution in [2.24, 2.45) is 0 Å². The molecule has 12 heavy (non-hydrogen) atoms. The van der Waals surface area contributed by atoms with Crippen molar-refractivity contribution in [1.82, 2.24) is 4.90 Å². The first-order valence-electron chi connectivity index (χ1n) is 4.07. The number of ether oxygens (including phenoxy) is 1. The second-order valence-corrected chi connectivity index (χ2v) is 2.88. The highest BCUT2D eigenvalue weighted by Crippen LogP contribution is 1.90. The maximum Gasteiger partial charge on any atom is 0.245 e. The van der Waals surface area contributed by atoms with Gasteiger partial charge in [-0.2, -0.15) is 0 Å². The maximum absolute atomic E-state index is 10.9. The molecule has 0 saturated carbocycles. The lowest BCUT2D eigenvalue weighted by Gasteiger charge is -2.15. The van der Waals surface area contributed by atoms with Crippen molar-refractivity contribution in [3.8, 4) is 0 Å². The fourth-order valence-electron chi connectivity index (χ4n) is 0.691. The molecule has 3 nitrogen and oxygen atoms in total. The molecule has 0 aromatic rings. The van der Waals surface area contributed by atoms with E-state index in [9.17, 15) is 4.79 Å². The lowest BCUT2D eigenvalue weighted by Crippen LogP contribution is -2.29. The Hall–Kier alpha value is -0.830. The third-order valence-electron chi connectivity index (χ3n) is 1.43. The van der Waals surface area contributed by atoms with Gasteiger partial charge < -0.3 is 9.64 Å². The quantitative estimate of drug-likeness (QED) is 0.579. The molecule has 0 aromatic carbocycles. The zero-order chi connectivity index (χ0) is 9.56. The Morgan fingerprint density at radius 2 is 2.25 bits per heavy atom. The van der Waals surface area contributed by atoms with Crippen LogP contribution in [0.2, 0.25) is 0 Å². The van der Waals surface area contributed by atoms with Gasteiger partial charge in [-0.1, -0.05) is 6.58 Å². The molecule has 0 heterocycles. The van der Waals surface area contributed by atoms with E-state index in [0.29, 0.717) is 13.2 Å². The fourth-order valence-corrected chi connectivity index (χ4v) is 0.691. The molecule has 0 unspecified atom stereocenters. The minimum atomic E-state index is -0.0673. The maximum atomic E-state index is 10.9. The van der Waals surface area contributed by atoms with E-state index in [0.717, 1.165) is 0 Å². The molecule has 70 valence electrons. The predicted octanol–water partition coefficient (Wildman–Crippen LogP) is 1.06. The molecule has 0 N–H and O–H groups in total. The molecule has 1 amide bonds. The molecule has 0 atom stereocenters. The van der Waals surface area contributed by atoms with Crippen molar-refractivity contribution < 1.29 is 9.53 Å². The molecule has 0 radical (unpaired) electrons. The Morgan fingerprint density at radius 1 is 1.67 bits per heavy atom. The number of likely N-dealkylation sites (N-methyl/N-ethyl adjacent to an activating group) is 1. The number of carbonyl (C=O) groups is 1. The Balaban J connectivity index is 3.50. The van der Waals surface area contributed by atoms with Crippen LogP contribution in [0.1, 0.15) is 13.8 Å². The zero-order valence-corrected chi connectivity index (χ0v) is 8.04. The minimum Gasteiger partial charge on any atom is -0.377 e. The van der Waals surface area contributed by atoms with Crippen molar-refractivity contribution in [2.75, 3.05) is 20.2 Å². The Morgan fingerprint density at radius 3 is 2.67 bits per heavy atom. The highest BCUT2D eigenvalue weighted by molar-refractivity contribution is 5.86. The van der Waals surface area contributed by atoms with Crippen molar-refractivity contribution in [1.29, 1.82) is 0 Å². The third-order valence-corrected chi connectivity index (χ3v) is 1.43. The topological polar surface area (TPSA) is 29.5 Å². The van der Waals surface area contributed by atoms with E-state index >= 15 is 0 Å². The summed E-state index contributed by atoms with van der Waals surface area (Å²) in [5.41, 5.74) is 0. The van der Waals surface area contributed by atoms with Crippen molar-refractivity contribution >= 4 is 5.91 Å². The van der Waals surface area contributed by atoms with Crippen LogP contribution in [-0.2, 0) is 9.53 Å². The van der Waals surface area contributed by atoms with E-state index in [-0.39, 0.29) is 12.0 Å². The molecular formula is C9H17NO2. The van der Waals surface area contributed by atoms with Gasteiger partial charge in [-0.25, -0.2) is 0 Å². The molecule has 0 rings (SSSR count). The highest BCUT2D eigenvalue weighted by Gasteiger charge is 2.03. The summed E-state index contributed by atoms with van der Waals surface area (Å²) in [6.07, 6.45) is 1.52.